The summed E-state index contributed by atoms with van der Waals surface area (Å²) >= 11 is 0. The van der Waals surface area contributed by atoms with Crippen molar-refractivity contribution in [2.75, 3.05) is 10.6 Å². The Bertz CT molecular complexity index is 2530. The van der Waals surface area contributed by atoms with E-state index in [0.29, 0.717) is 46.5 Å². The lowest BCUT2D eigenvalue weighted by Crippen LogP contribution is -2.09. The number of aromatic carboxylic acids is 1. The van der Waals surface area contributed by atoms with Gasteiger partial charge in [-0.3, -0.25) is 14.2 Å². The summed E-state index contributed by atoms with van der Waals surface area (Å²) in [7, 11) is 0. The minimum absolute atomic E-state index is 0.0110. The first-order chi connectivity index (χ1) is 28.4. The first kappa shape index (κ1) is 41.2. The van der Waals surface area contributed by atoms with Gasteiger partial charge in [0.1, 0.15) is 11.6 Å². The number of carbonyl (C=O) groups excluding carboxylic acids is 1. The SMILES string of the molecule is C[C@@H](C#N)CC(=O)c1ccc(-c2ccnc(Nc3cnn(C4CC4)c3)n2)cc1F.C[C@H](N)C#N.O=C(O)c1ccc(-c2ccnc(Nc3cnn(C4CC4)c3)n2)cc1F. The van der Waals surface area contributed by atoms with E-state index in [1.807, 2.05) is 27.8 Å². The van der Waals surface area contributed by atoms with Gasteiger partial charge in [0.05, 0.1) is 82.5 Å². The molecule has 4 aromatic heterocycles. The molecule has 4 heterocycles. The van der Waals surface area contributed by atoms with Crippen LogP contribution in [0, 0.1) is 40.2 Å². The maximum absolute atomic E-state index is 14.5. The quantitative estimate of drug-likeness (QED) is 0.0882. The smallest absolute Gasteiger partial charge is 0.338 e. The van der Waals surface area contributed by atoms with Gasteiger partial charge in [0, 0.05) is 42.3 Å². The van der Waals surface area contributed by atoms with Crippen LogP contribution in [0.4, 0.5) is 32.1 Å². The maximum atomic E-state index is 14.5. The maximum Gasteiger partial charge on any atom is 0.338 e. The normalized spacial score (nSPS) is 13.9. The van der Waals surface area contributed by atoms with Crippen molar-refractivity contribution >= 4 is 35.0 Å². The number of benzene rings is 2. The number of halogens is 2. The fraction of sp³-hybridized carbons (Fsp3) is 0.268. The summed E-state index contributed by atoms with van der Waals surface area (Å²) in [6.07, 6.45) is 14.9. The number of nitrogens with one attached hydrogen (secondary N) is 2. The largest absolute Gasteiger partial charge is 0.478 e. The monoisotopic (exact) mass is 799 g/mol. The molecule has 2 atom stereocenters. The van der Waals surface area contributed by atoms with Crippen molar-refractivity contribution in [2.45, 2.75) is 64.1 Å². The van der Waals surface area contributed by atoms with Crippen LogP contribution < -0.4 is 16.4 Å². The molecule has 59 heavy (non-hydrogen) atoms. The van der Waals surface area contributed by atoms with Gasteiger partial charge in [-0.2, -0.15) is 20.7 Å². The summed E-state index contributed by atoms with van der Waals surface area (Å²) in [5.41, 5.74) is 8.13. The molecule has 2 aliphatic carbocycles. The molecule has 300 valence electrons. The number of nitriles is 2. The Labute approximate surface area is 337 Å². The molecule has 0 spiro atoms. The van der Waals surface area contributed by atoms with Gasteiger partial charge in [-0.25, -0.2) is 33.5 Å². The molecule has 18 heteroatoms. The second kappa shape index (κ2) is 18.7. The molecule has 2 saturated carbocycles. The van der Waals surface area contributed by atoms with E-state index in [0.717, 1.165) is 43.1 Å². The van der Waals surface area contributed by atoms with Crippen LogP contribution in [0.3, 0.4) is 0 Å². The van der Waals surface area contributed by atoms with Gasteiger partial charge < -0.3 is 21.5 Å². The van der Waals surface area contributed by atoms with Crippen molar-refractivity contribution < 1.29 is 23.5 Å². The van der Waals surface area contributed by atoms with Crippen LogP contribution >= 0.6 is 0 Å². The van der Waals surface area contributed by atoms with E-state index in [-0.39, 0.29) is 29.4 Å². The number of carbonyl (C=O) groups is 2. The third-order valence-electron chi connectivity index (χ3n) is 8.84. The van der Waals surface area contributed by atoms with E-state index in [1.165, 1.54) is 24.3 Å². The predicted molar refractivity (Wildman–Crippen MR) is 212 cm³/mol. The number of nitrogens with zero attached hydrogens (tertiary/aromatic N) is 10. The molecule has 0 aliphatic heterocycles. The number of hydrogen-bond acceptors (Lipinski definition) is 13. The van der Waals surface area contributed by atoms with Gasteiger partial charge in [0.2, 0.25) is 11.9 Å². The van der Waals surface area contributed by atoms with E-state index in [4.69, 9.17) is 21.4 Å². The molecule has 6 aromatic rings. The van der Waals surface area contributed by atoms with Gasteiger partial charge in [-0.1, -0.05) is 12.1 Å². The second-order valence-electron chi connectivity index (χ2n) is 13.9. The molecule has 2 aliphatic rings. The number of aromatic nitrogens is 8. The summed E-state index contributed by atoms with van der Waals surface area (Å²) in [4.78, 5) is 40.2. The molecule has 0 radical (unpaired) electrons. The Morgan fingerprint density at radius 1 is 0.797 bits per heavy atom. The summed E-state index contributed by atoms with van der Waals surface area (Å²) in [5, 5.41) is 40.3. The number of carboxylic acid groups (broad SMARTS) is 1. The lowest BCUT2D eigenvalue weighted by Gasteiger charge is -2.08. The molecule has 2 aromatic carbocycles. The minimum atomic E-state index is -1.30. The van der Waals surface area contributed by atoms with Crippen molar-refractivity contribution in [3.05, 3.63) is 108 Å². The van der Waals surface area contributed by atoms with E-state index in [1.54, 1.807) is 62.9 Å². The van der Waals surface area contributed by atoms with E-state index >= 15 is 0 Å². The molecule has 0 bridgehead atoms. The molecule has 0 saturated heterocycles. The number of hydrogen-bond donors (Lipinski definition) is 4. The molecular formula is C41H39F2N13O3. The number of anilines is 4. The Balaban J connectivity index is 0.000000180. The van der Waals surface area contributed by atoms with Gasteiger partial charge in [-0.05, 0) is 75.9 Å². The Morgan fingerprint density at radius 3 is 1.64 bits per heavy atom. The standard InChI is InChI=1S/C21H19FN6O.C17H14FN5O2.C3H6N2/c1-13(10-23)8-20(29)17-5-2-14(9-18(17)22)19-6-7-24-21(27-19)26-15-11-25-28(12-15)16-3-4-16;18-14-7-10(1-4-13(14)16(24)25)15-5-6-19-17(22-15)21-11-8-20-23(9-11)12-2-3-12;1-3(5)2-4/h2,5-7,9,11-13,16H,3-4,8H2,1H3,(H,24,26,27);1,4-9,12H,2-3H2,(H,24,25)(H,19,21,22);3H,5H2,1H3/t13-;;3-/m1.0/s1. The zero-order valence-corrected chi connectivity index (χ0v) is 32.0. The third-order valence-corrected chi connectivity index (χ3v) is 8.84. The fourth-order valence-corrected chi connectivity index (χ4v) is 5.48. The first-order valence-electron chi connectivity index (χ1n) is 18.6. The van der Waals surface area contributed by atoms with Crippen molar-refractivity contribution in [3.8, 4) is 34.7 Å². The molecule has 5 N–H and O–H groups in total. The topological polar surface area (TPSA) is 239 Å². The summed E-state index contributed by atoms with van der Waals surface area (Å²) in [5.74, 6) is -2.85. The molecule has 2 fully saturated rings. The fourth-order valence-electron chi connectivity index (χ4n) is 5.48. The minimum Gasteiger partial charge on any atom is -0.478 e. The average Bonchev–Trinajstić information content (AvgIpc) is 4.17. The van der Waals surface area contributed by atoms with Crippen LogP contribution in [-0.4, -0.2) is 62.4 Å². The van der Waals surface area contributed by atoms with Crippen molar-refractivity contribution in [1.82, 2.24) is 39.5 Å². The van der Waals surface area contributed by atoms with Gasteiger partial charge in [-0.15, -0.1) is 0 Å². The molecule has 0 unspecified atom stereocenters. The highest BCUT2D eigenvalue weighted by molar-refractivity contribution is 5.97. The molecular weight excluding hydrogens is 761 g/mol. The lowest BCUT2D eigenvalue weighted by molar-refractivity contribution is 0.0691. The van der Waals surface area contributed by atoms with Crippen molar-refractivity contribution in [3.63, 3.8) is 0 Å². The summed E-state index contributed by atoms with van der Waals surface area (Å²) in [6, 6.07) is 16.0. The van der Waals surface area contributed by atoms with Gasteiger partial charge >= 0.3 is 5.97 Å². The van der Waals surface area contributed by atoms with Crippen LogP contribution in [0.2, 0.25) is 0 Å². The third kappa shape index (κ3) is 11.3. The highest BCUT2D eigenvalue weighted by atomic mass is 19.1. The van der Waals surface area contributed by atoms with E-state index in [2.05, 4.69) is 40.8 Å². The first-order valence-corrected chi connectivity index (χ1v) is 18.6. The number of ketones is 1. The van der Waals surface area contributed by atoms with Crippen molar-refractivity contribution in [2.24, 2.45) is 11.7 Å². The zero-order chi connectivity index (χ0) is 42.1. The van der Waals surface area contributed by atoms with Crippen LogP contribution in [0.1, 0.15) is 78.8 Å². The number of Topliss-reactive ketones (excluding diaryl/α,β-unsaturated/α-hetero) is 1. The van der Waals surface area contributed by atoms with Crippen LogP contribution in [-0.2, 0) is 0 Å². The highest BCUT2D eigenvalue weighted by Gasteiger charge is 2.25. The van der Waals surface area contributed by atoms with Crippen molar-refractivity contribution in [1.29, 1.82) is 10.5 Å². The van der Waals surface area contributed by atoms with E-state index in [9.17, 15) is 18.4 Å². The Morgan fingerprint density at radius 2 is 1.25 bits per heavy atom. The summed E-state index contributed by atoms with van der Waals surface area (Å²) in [6.45, 7) is 3.27. The number of nitrogens with two attached hydrogens (primary N) is 1. The van der Waals surface area contributed by atoms with Gasteiger partial charge in [0.25, 0.3) is 0 Å². The highest BCUT2D eigenvalue weighted by Crippen LogP contribution is 2.35. The Hall–Kier alpha value is -7.44. The van der Waals surface area contributed by atoms with Crippen LogP contribution in [0.25, 0.3) is 22.5 Å². The predicted octanol–water partition coefficient (Wildman–Crippen LogP) is 7.40. The Kier molecular flexibility index (Phi) is 13.0. The zero-order valence-electron chi connectivity index (χ0n) is 32.0. The number of carboxylic acids is 1. The van der Waals surface area contributed by atoms with Crippen LogP contribution in [0.5, 0.6) is 0 Å². The van der Waals surface area contributed by atoms with Gasteiger partial charge in [0.15, 0.2) is 5.78 Å². The van der Waals surface area contributed by atoms with Crippen LogP contribution in [0.15, 0.2) is 85.7 Å². The molecule has 8 rings (SSSR count). The summed E-state index contributed by atoms with van der Waals surface area (Å²) < 4.78 is 32.2. The lowest BCUT2D eigenvalue weighted by atomic mass is 9.99. The van der Waals surface area contributed by atoms with E-state index < -0.39 is 23.5 Å². The second-order valence-corrected chi connectivity index (χ2v) is 13.9. The average molecular weight is 800 g/mol. The number of rotatable bonds is 12. The molecule has 16 nitrogen and oxygen atoms in total. The molecule has 0 amide bonds.